The molecule has 0 amide bonds. The first-order chi connectivity index (χ1) is 9.70. The van der Waals surface area contributed by atoms with Gasteiger partial charge in [-0.15, -0.1) is 0 Å². The molecule has 1 heterocycles. The lowest BCUT2D eigenvalue weighted by Gasteiger charge is -2.26. The Balaban J connectivity index is 1.92. The van der Waals surface area contributed by atoms with Crippen LogP contribution in [0.4, 0.5) is 0 Å². The van der Waals surface area contributed by atoms with Crippen LogP contribution in [0.1, 0.15) is 18.6 Å². The van der Waals surface area contributed by atoms with Crippen LogP contribution in [0, 0.1) is 0 Å². The first-order valence-corrected chi connectivity index (χ1v) is 6.99. The number of nitrogens with zero attached hydrogens (tertiary/aromatic N) is 1. The van der Waals surface area contributed by atoms with Crippen LogP contribution < -0.4 is 9.47 Å². The van der Waals surface area contributed by atoms with Gasteiger partial charge in [-0.25, -0.2) is 0 Å². The molecule has 2 rings (SSSR count). The van der Waals surface area contributed by atoms with E-state index in [-0.39, 0.29) is 0 Å². The van der Waals surface area contributed by atoms with Crippen LogP contribution in [0.15, 0.2) is 18.2 Å². The van der Waals surface area contributed by atoms with Gasteiger partial charge in [-0.1, -0.05) is 0 Å². The van der Waals surface area contributed by atoms with Gasteiger partial charge < -0.3 is 19.3 Å². The number of methoxy groups -OCH3 is 1. The van der Waals surface area contributed by atoms with Crippen molar-refractivity contribution in [2.45, 2.75) is 13.0 Å². The van der Waals surface area contributed by atoms with Gasteiger partial charge in [0.1, 0.15) is 18.1 Å². The molecule has 1 saturated heterocycles. The van der Waals surface area contributed by atoms with Gasteiger partial charge in [0.2, 0.25) is 0 Å². The fourth-order valence-electron chi connectivity index (χ4n) is 2.22. The Morgan fingerprint density at radius 2 is 2.10 bits per heavy atom. The summed E-state index contributed by atoms with van der Waals surface area (Å²) in [5.74, 6) is 1.42. The van der Waals surface area contributed by atoms with Crippen molar-refractivity contribution < 1.29 is 19.3 Å². The summed E-state index contributed by atoms with van der Waals surface area (Å²) in [6, 6.07) is 5.49. The highest BCUT2D eigenvalue weighted by molar-refractivity contribution is 5.41. The first-order valence-electron chi connectivity index (χ1n) is 6.99. The highest BCUT2D eigenvalue weighted by Gasteiger charge is 2.13. The van der Waals surface area contributed by atoms with Gasteiger partial charge >= 0.3 is 0 Å². The fourth-order valence-corrected chi connectivity index (χ4v) is 2.22. The van der Waals surface area contributed by atoms with Gasteiger partial charge in [-0.3, -0.25) is 4.90 Å². The van der Waals surface area contributed by atoms with E-state index >= 15 is 0 Å². The van der Waals surface area contributed by atoms with Gasteiger partial charge in [-0.05, 0) is 19.1 Å². The molecule has 1 atom stereocenters. The lowest BCUT2D eigenvalue weighted by Crippen LogP contribution is -2.38. The molecule has 1 aromatic rings. The Hall–Kier alpha value is -1.30. The van der Waals surface area contributed by atoms with E-state index in [1.165, 1.54) is 0 Å². The Bertz CT molecular complexity index is 416. The maximum Gasteiger partial charge on any atom is 0.128 e. The average Bonchev–Trinajstić information content (AvgIpc) is 2.48. The van der Waals surface area contributed by atoms with Gasteiger partial charge in [0.15, 0.2) is 0 Å². The monoisotopic (exact) mass is 281 g/mol. The minimum atomic E-state index is -0.556. The highest BCUT2D eigenvalue weighted by atomic mass is 16.5. The maximum atomic E-state index is 9.77. The number of hydrogen-bond acceptors (Lipinski definition) is 5. The van der Waals surface area contributed by atoms with Gasteiger partial charge in [0, 0.05) is 31.3 Å². The fraction of sp³-hybridized carbons (Fsp3) is 0.600. The van der Waals surface area contributed by atoms with Crippen molar-refractivity contribution in [2.75, 3.05) is 46.6 Å². The molecule has 5 nitrogen and oxygen atoms in total. The lowest BCUT2D eigenvalue weighted by atomic mass is 10.1. The predicted molar refractivity (Wildman–Crippen MR) is 76.4 cm³/mol. The quantitative estimate of drug-likeness (QED) is 0.855. The highest BCUT2D eigenvalue weighted by Crippen LogP contribution is 2.29. The van der Waals surface area contributed by atoms with Crippen LogP contribution in [-0.2, 0) is 4.74 Å². The molecular weight excluding hydrogens is 258 g/mol. The smallest absolute Gasteiger partial charge is 0.128 e. The number of hydrogen-bond donors (Lipinski definition) is 1. The first kappa shape index (κ1) is 15.1. The number of rotatable bonds is 6. The largest absolute Gasteiger partial charge is 0.497 e. The Labute approximate surface area is 120 Å². The van der Waals surface area contributed by atoms with Crippen molar-refractivity contribution in [1.82, 2.24) is 4.90 Å². The number of aliphatic hydroxyl groups excluding tert-OH is 1. The summed E-state index contributed by atoms with van der Waals surface area (Å²) in [7, 11) is 1.62. The number of aliphatic hydroxyl groups is 1. The zero-order valence-electron chi connectivity index (χ0n) is 12.2. The summed E-state index contributed by atoms with van der Waals surface area (Å²) in [5.41, 5.74) is 0.785. The molecule has 0 radical (unpaired) electrons. The van der Waals surface area contributed by atoms with Crippen molar-refractivity contribution in [3.05, 3.63) is 23.8 Å². The number of ether oxygens (including phenoxy) is 3. The van der Waals surface area contributed by atoms with Crippen LogP contribution in [-0.4, -0.2) is 56.6 Å². The molecule has 1 aromatic carbocycles. The Morgan fingerprint density at radius 3 is 2.75 bits per heavy atom. The summed E-state index contributed by atoms with van der Waals surface area (Å²) in [5, 5.41) is 9.77. The minimum absolute atomic E-state index is 0.556. The van der Waals surface area contributed by atoms with E-state index in [0.717, 1.165) is 44.2 Å². The molecule has 5 heteroatoms. The van der Waals surface area contributed by atoms with Gasteiger partial charge in [-0.2, -0.15) is 0 Å². The normalized spacial score (nSPS) is 17.8. The van der Waals surface area contributed by atoms with Crippen molar-refractivity contribution in [3.8, 4) is 11.5 Å². The third-order valence-electron chi connectivity index (χ3n) is 3.44. The zero-order chi connectivity index (χ0) is 14.4. The molecule has 0 aliphatic carbocycles. The van der Waals surface area contributed by atoms with Gasteiger partial charge in [0.05, 0.1) is 26.4 Å². The van der Waals surface area contributed by atoms with Crippen molar-refractivity contribution in [2.24, 2.45) is 0 Å². The molecular formula is C15H23NO4. The van der Waals surface area contributed by atoms with Crippen LogP contribution in [0.5, 0.6) is 11.5 Å². The number of morpholine rings is 1. The molecule has 0 spiro atoms. The van der Waals surface area contributed by atoms with Crippen LogP contribution >= 0.6 is 0 Å². The molecule has 0 aromatic heterocycles. The van der Waals surface area contributed by atoms with Crippen molar-refractivity contribution in [1.29, 1.82) is 0 Å². The standard InChI is InChI=1S/C15H23NO4/c1-12(17)14-4-3-13(18-2)11-15(14)20-10-7-16-5-8-19-9-6-16/h3-4,11-12,17H,5-10H2,1-2H3/t12-/m1/s1. The molecule has 0 saturated carbocycles. The summed E-state index contributed by atoms with van der Waals surface area (Å²) in [6.07, 6.45) is -0.556. The second-order valence-corrected chi connectivity index (χ2v) is 4.88. The molecule has 1 aliphatic heterocycles. The van der Waals surface area contributed by atoms with Crippen LogP contribution in [0.25, 0.3) is 0 Å². The molecule has 1 fully saturated rings. The second-order valence-electron chi connectivity index (χ2n) is 4.88. The summed E-state index contributed by atoms with van der Waals surface area (Å²) in [6.45, 7) is 6.66. The molecule has 1 aliphatic rings. The SMILES string of the molecule is COc1ccc([C@@H](C)O)c(OCCN2CCOCC2)c1. The Kier molecular flexibility index (Phi) is 5.64. The summed E-state index contributed by atoms with van der Waals surface area (Å²) in [4.78, 5) is 2.31. The van der Waals surface area contributed by atoms with E-state index < -0.39 is 6.10 Å². The average molecular weight is 281 g/mol. The molecule has 112 valence electrons. The predicted octanol–water partition coefficient (Wildman–Crippen LogP) is 1.46. The molecule has 0 bridgehead atoms. The third kappa shape index (κ3) is 4.10. The van der Waals surface area contributed by atoms with Crippen molar-refractivity contribution >= 4 is 0 Å². The molecule has 20 heavy (non-hydrogen) atoms. The summed E-state index contributed by atoms with van der Waals surface area (Å²) < 4.78 is 16.3. The van der Waals surface area contributed by atoms with E-state index in [9.17, 15) is 5.11 Å². The van der Waals surface area contributed by atoms with E-state index in [2.05, 4.69) is 4.90 Å². The topological polar surface area (TPSA) is 51.2 Å². The minimum Gasteiger partial charge on any atom is -0.497 e. The van der Waals surface area contributed by atoms with E-state index in [0.29, 0.717) is 12.4 Å². The van der Waals surface area contributed by atoms with Crippen LogP contribution in [0.2, 0.25) is 0 Å². The second kappa shape index (κ2) is 7.47. The van der Waals surface area contributed by atoms with Crippen LogP contribution in [0.3, 0.4) is 0 Å². The van der Waals surface area contributed by atoms with Crippen molar-refractivity contribution in [3.63, 3.8) is 0 Å². The maximum absolute atomic E-state index is 9.77. The van der Waals surface area contributed by atoms with E-state index in [4.69, 9.17) is 14.2 Å². The van der Waals surface area contributed by atoms with Gasteiger partial charge in [0.25, 0.3) is 0 Å². The number of benzene rings is 1. The van der Waals surface area contributed by atoms with E-state index in [1.807, 2.05) is 18.2 Å². The zero-order valence-corrected chi connectivity index (χ0v) is 12.2. The lowest BCUT2D eigenvalue weighted by molar-refractivity contribution is 0.0320. The third-order valence-corrected chi connectivity index (χ3v) is 3.44. The Morgan fingerprint density at radius 1 is 1.35 bits per heavy atom. The molecule has 0 unspecified atom stereocenters. The summed E-state index contributed by atoms with van der Waals surface area (Å²) >= 11 is 0. The molecule has 1 N–H and O–H groups in total. The van der Waals surface area contributed by atoms with E-state index in [1.54, 1.807) is 14.0 Å².